The fourth-order valence-corrected chi connectivity index (χ4v) is 1.32. The number of hydrogen-bond acceptors (Lipinski definition) is 3. The number of aliphatic hydroxyl groups excluding tert-OH is 1. The van der Waals surface area contributed by atoms with E-state index in [4.69, 9.17) is 10.00 Å². The lowest BCUT2D eigenvalue weighted by Gasteiger charge is -2.15. The van der Waals surface area contributed by atoms with E-state index in [-0.39, 0.29) is 0 Å². The molecule has 0 fully saturated rings. The summed E-state index contributed by atoms with van der Waals surface area (Å²) in [6, 6.07) is 7.53. The quantitative estimate of drug-likeness (QED) is 0.824. The summed E-state index contributed by atoms with van der Waals surface area (Å²) in [5, 5.41) is 18.2. The van der Waals surface area contributed by atoms with Crippen LogP contribution in [-0.2, 0) is 0 Å². The Morgan fingerprint density at radius 3 is 2.60 bits per heavy atom. The summed E-state index contributed by atoms with van der Waals surface area (Å²) in [6.07, 6.45) is -1.10. The van der Waals surface area contributed by atoms with Gasteiger partial charge in [0.1, 0.15) is 11.8 Å². The first kappa shape index (κ1) is 11.5. The third-order valence-electron chi connectivity index (χ3n) is 2.10. The van der Waals surface area contributed by atoms with E-state index in [9.17, 15) is 5.11 Å². The van der Waals surface area contributed by atoms with E-state index in [2.05, 4.69) is 0 Å². The van der Waals surface area contributed by atoms with Gasteiger partial charge in [0.2, 0.25) is 0 Å². The van der Waals surface area contributed by atoms with Gasteiger partial charge in [-0.15, -0.1) is 0 Å². The summed E-state index contributed by atoms with van der Waals surface area (Å²) in [4.78, 5) is 0. The van der Waals surface area contributed by atoms with Crippen molar-refractivity contribution in [3.05, 3.63) is 29.3 Å². The fraction of sp³-hybridized carbons (Fsp3) is 0.417. The molecule has 1 aromatic rings. The number of nitrogens with zero attached hydrogens (tertiary/aromatic N) is 1. The van der Waals surface area contributed by atoms with E-state index in [1.165, 1.54) is 0 Å². The SMILES string of the molecule is Cc1ccc(OC(C)C#N)c(C(C)O)c1. The second kappa shape index (κ2) is 4.81. The van der Waals surface area contributed by atoms with Gasteiger partial charge < -0.3 is 9.84 Å². The van der Waals surface area contributed by atoms with Gasteiger partial charge in [0, 0.05) is 5.56 Å². The van der Waals surface area contributed by atoms with Crippen molar-refractivity contribution < 1.29 is 9.84 Å². The number of aryl methyl sites for hydroxylation is 1. The summed E-state index contributed by atoms with van der Waals surface area (Å²) in [6.45, 7) is 5.30. The lowest BCUT2D eigenvalue weighted by atomic mass is 10.1. The van der Waals surface area contributed by atoms with Crippen LogP contribution in [0.1, 0.15) is 31.1 Å². The highest BCUT2D eigenvalue weighted by molar-refractivity contribution is 5.38. The average Bonchev–Trinajstić information content (AvgIpc) is 2.20. The molecule has 3 heteroatoms. The van der Waals surface area contributed by atoms with Crippen LogP contribution in [0.2, 0.25) is 0 Å². The van der Waals surface area contributed by atoms with Crippen LogP contribution in [0.25, 0.3) is 0 Å². The molecule has 0 saturated heterocycles. The van der Waals surface area contributed by atoms with Gasteiger partial charge in [-0.05, 0) is 32.9 Å². The highest BCUT2D eigenvalue weighted by Gasteiger charge is 2.11. The molecule has 1 aromatic carbocycles. The lowest BCUT2D eigenvalue weighted by Crippen LogP contribution is -2.10. The Morgan fingerprint density at radius 1 is 1.40 bits per heavy atom. The van der Waals surface area contributed by atoms with Crippen LogP contribution in [0.3, 0.4) is 0 Å². The number of hydrogen-bond donors (Lipinski definition) is 1. The monoisotopic (exact) mass is 205 g/mol. The maximum absolute atomic E-state index is 9.55. The molecular formula is C12H15NO2. The predicted molar refractivity (Wildman–Crippen MR) is 57.5 cm³/mol. The van der Waals surface area contributed by atoms with E-state index in [0.717, 1.165) is 11.1 Å². The molecule has 80 valence electrons. The Kier molecular flexibility index (Phi) is 3.70. The van der Waals surface area contributed by atoms with Crippen molar-refractivity contribution in [3.63, 3.8) is 0 Å². The molecule has 2 unspecified atom stereocenters. The van der Waals surface area contributed by atoms with E-state index in [0.29, 0.717) is 5.75 Å². The Bertz CT molecular complexity index is 380. The van der Waals surface area contributed by atoms with Crippen molar-refractivity contribution in [2.45, 2.75) is 33.0 Å². The van der Waals surface area contributed by atoms with Crippen LogP contribution in [0.15, 0.2) is 18.2 Å². The highest BCUT2D eigenvalue weighted by atomic mass is 16.5. The molecule has 1 N–H and O–H groups in total. The van der Waals surface area contributed by atoms with Gasteiger partial charge >= 0.3 is 0 Å². The van der Waals surface area contributed by atoms with E-state index in [1.807, 2.05) is 25.1 Å². The number of aliphatic hydroxyl groups is 1. The first-order valence-corrected chi connectivity index (χ1v) is 4.89. The number of benzene rings is 1. The molecule has 15 heavy (non-hydrogen) atoms. The van der Waals surface area contributed by atoms with Gasteiger partial charge in [-0.1, -0.05) is 11.6 Å². The maximum Gasteiger partial charge on any atom is 0.181 e. The van der Waals surface area contributed by atoms with Gasteiger partial charge in [0.15, 0.2) is 6.10 Å². The summed E-state index contributed by atoms with van der Waals surface area (Å²) in [5.41, 5.74) is 1.78. The van der Waals surface area contributed by atoms with E-state index < -0.39 is 12.2 Å². The molecule has 0 aliphatic carbocycles. The van der Waals surface area contributed by atoms with Gasteiger partial charge in [-0.2, -0.15) is 5.26 Å². The normalized spacial score (nSPS) is 14.1. The van der Waals surface area contributed by atoms with Crippen LogP contribution in [0.5, 0.6) is 5.75 Å². The Morgan fingerprint density at radius 2 is 2.07 bits per heavy atom. The summed E-state index contributed by atoms with van der Waals surface area (Å²) in [7, 11) is 0. The largest absolute Gasteiger partial charge is 0.475 e. The minimum absolute atomic E-state index is 0.509. The molecule has 0 bridgehead atoms. The Balaban J connectivity index is 3.02. The van der Waals surface area contributed by atoms with Gasteiger partial charge in [0.25, 0.3) is 0 Å². The van der Waals surface area contributed by atoms with Crippen molar-refractivity contribution in [1.29, 1.82) is 5.26 Å². The summed E-state index contributed by atoms with van der Waals surface area (Å²) < 4.78 is 5.39. The molecule has 0 amide bonds. The molecule has 0 radical (unpaired) electrons. The Labute approximate surface area is 89.9 Å². The zero-order chi connectivity index (χ0) is 11.4. The van der Waals surface area contributed by atoms with Crippen LogP contribution >= 0.6 is 0 Å². The number of rotatable bonds is 3. The number of ether oxygens (including phenoxy) is 1. The van der Waals surface area contributed by atoms with Crippen molar-refractivity contribution in [3.8, 4) is 11.8 Å². The van der Waals surface area contributed by atoms with Crippen LogP contribution in [0.4, 0.5) is 0 Å². The van der Waals surface area contributed by atoms with Crippen molar-refractivity contribution >= 4 is 0 Å². The highest BCUT2D eigenvalue weighted by Crippen LogP contribution is 2.26. The minimum Gasteiger partial charge on any atom is -0.475 e. The van der Waals surface area contributed by atoms with E-state index >= 15 is 0 Å². The van der Waals surface area contributed by atoms with Gasteiger partial charge in [-0.3, -0.25) is 0 Å². The lowest BCUT2D eigenvalue weighted by molar-refractivity contribution is 0.187. The smallest absolute Gasteiger partial charge is 0.181 e. The molecule has 1 rings (SSSR count). The molecule has 0 saturated carbocycles. The second-order valence-corrected chi connectivity index (χ2v) is 3.61. The summed E-state index contributed by atoms with van der Waals surface area (Å²) >= 11 is 0. The topological polar surface area (TPSA) is 53.2 Å². The predicted octanol–water partition coefficient (Wildman–Crippen LogP) is 2.34. The standard InChI is InChI=1S/C12H15NO2/c1-8-4-5-12(15-9(2)7-13)11(6-8)10(3)14/h4-6,9-10,14H,1-3H3. The fourth-order valence-electron chi connectivity index (χ4n) is 1.32. The zero-order valence-corrected chi connectivity index (χ0v) is 9.19. The Hall–Kier alpha value is -1.53. The third-order valence-corrected chi connectivity index (χ3v) is 2.10. The van der Waals surface area contributed by atoms with Crippen molar-refractivity contribution in [2.75, 3.05) is 0 Å². The molecular weight excluding hydrogens is 190 g/mol. The molecule has 2 atom stereocenters. The average molecular weight is 205 g/mol. The van der Waals surface area contributed by atoms with Crippen molar-refractivity contribution in [2.24, 2.45) is 0 Å². The summed E-state index contributed by atoms with van der Waals surface area (Å²) in [5.74, 6) is 0.574. The van der Waals surface area contributed by atoms with Crippen LogP contribution < -0.4 is 4.74 Å². The molecule has 0 spiro atoms. The molecule has 3 nitrogen and oxygen atoms in total. The van der Waals surface area contributed by atoms with Crippen LogP contribution in [0, 0.1) is 18.3 Å². The van der Waals surface area contributed by atoms with Crippen LogP contribution in [-0.4, -0.2) is 11.2 Å². The van der Waals surface area contributed by atoms with E-state index in [1.54, 1.807) is 19.9 Å². The molecule has 0 aliphatic heterocycles. The third kappa shape index (κ3) is 2.97. The first-order chi connectivity index (χ1) is 7.04. The van der Waals surface area contributed by atoms with Gasteiger partial charge in [-0.25, -0.2) is 0 Å². The first-order valence-electron chi connectivity index (χ1n) is 4.89. The van der Waals surface area contributed by atoms with Crippen molar-refractivity contribution in [1.82, 2.24) is 0 Å². The zero-order valence-electron chi connectivity index (χ0n) is 9.19. The molecule has 0 aromatic heterocycles. The second-order valence-electron chi connectivity index (χ2n) is 3.61. The number of nitriles is 1. The molecule has 0 heterocycles. The minimum atomic E-state index is -0.592. The van der Waals surface area contributed by atoms with Gasteiger partial charge in [0.05, 0.1) is 6.10 Å². The maximum atomic E-state index is 9.55. The molecule has 0 aliphatic rings.